The first-order chi connectivity index (χ1) is 10.5. The molecule has 0 aromatic carbocycles. The van der Waals surface area contributed by atoms with Crippen molar-refractivity contribution in [3.8, 4) is 0 Å². The van der Waals surface area contributed by atoms with Crippen molar-refractivity contribution in [3.05, 3.63) is 20.7 Å². The number of carbonyl (C=O) groups is 2. The number of hydrogen-bond donors (Lipinski definition) is 0. The van der Waals surface area contributed by atoms with E-state index in [2.05, 4.69) is 13.8 Å². The lowest BCUT2D eigenvalue weighted by molar-refractivity contribution is -0.143. The number of carbonyl (C=O) groups excluding carboxylic acids is 2. The molecule has 2 rings (SSSR count). The van der Waals surface area contributed by atoms with E-state index in [1.54, 1.807) is 18.3 Å². The average Bonchev–Trinajstić information content (AvgIpc) is 3.01. The fraction of sp³-hybridized carbons (Fsp3) is 0.500. The molecule has 6 heteroatoms. The molecule has 0 aliphatic rings. The number of fused-ring (bicyclic) bond motifs is 1. The molecule has 0 unspecified atom stereocenters. The highest BCUT2D eigenvalue weighted by atomic mass is 32.1. The van der Waals surface area contributed by atoms with Crippen LogP contribution in [0.25, 0.3) is 10.1 Å². The number of rotatable bonds is 7. The van der Waals surface area contributed by atoms with Gasteiger partial charge < -0.3 is 9.47 Å². The Morgan fingerprint density at radius 3 is 2.55 bits per heavy atom. The van der Waals surface area contributed by atoms with E-state index in [1.165, 1.54) is 25.8 Å². The van der Waals surface area contributed by atoms with Gasteiger partial charge in [-0.3, -0.25) is 4.79 Å². The minimum absolute atomic E-state index is 0.196. The van der Waals surface area contributed by atoms with Gasteiger partial charge in [-0.15, -0.1) is 22.7 Å². The summed E-state index contributed by atoms with van der Waals surface area (Å²) in [5, 5.41) is 1.15. The first kappa shape index (κ1) is 17.0. The Hall–Kier alpha value is -1.40. The summed E-state index contributed by atoms with van der Waals surface area (Å²) in [5.41, 5.74) is 0. The Bertz CT molecular complexity index is 635. The van der Waals surface area contributed by atoms with Crippen LogP contribution in [-0.2, 0) is 14.3 Å². The molecule has 2 heterocycles. The molecule has 0 saturated heterocycles. The Labute approximate surface area is 138 Å². The minimum atomic E-state index is -0.277. The van der Waals surface area contributed by atoms with Crippen LogP contribution < -0.4 is 0 Å². The monoisotopic (exact) mass is 340 g/mol. The molecule has 0 atom stereocenters. The maximum atomic E-state index is 12.0. The maximum Gasteiger partial charge on any atom is 0.348 e. The van der Waals surface area contributed by atoms with Crippen LogP contribution in [0.3, 0.4) is 0 Å². The first-order valence-corrected chi connectivity index (χ1v) is 8.98. The molecule has 4 nitrogen and oxygen atoms in total. The number of ether oxygens (including phenoxy) is 2. The molecule has 2 aromatic heterocycles. The van der Waals surface area contributed by atoms with Crippen molar-refractivity contribution >= 4 is 44.7 Å². The average molecular weight is 340 g/mol. The van der Waals surface area contributed by atoms with Crippen LogP contribution in [0.1, 0.15) is 45.6 Å². The van der Waals surface area contributed by atoms with Gasteiger partial charge in [-0.1, -0.05) is 0 Å². The van der Waals surface area contributed by atoms with Crippen molar-refractivity contribution in [2.45, 2.75) is 40.0 Å². The zero-order valence-corrected chi connectivity index (χ0v) is 14.7. The Balaban J connectivity index is 1.79. The van der Waals surface area contributed by atoms with Crippen molar-refractivity contribution in [3.63, 3.8) is 0 Å². The number of unbranched alkanes of at least 4 members (excludes halogenated alkanes) is 1. The maximum absolute atomic E-state index is 12.0. The van der Waals surface area contributed by atoms with Gasteiger partial charge in [-0.2, -0.15) is 0 Å². The quantitative estimate of drug-likeness (QED) is 0.551. The molecule has 0 radical (unpaired) electrons. The van der Waals surface area contributed by atoms with Gasteiger partial charge in [0, 0.05) is 26.3 Å². The van der Waals surface area contributed by atoms with Crippen LogP contribution in [0.2, 0.25) is 0 Å². The summed E-state index contributed by atoms with van der Waals surface area (Å²) in [7, 11) is 0. The highest BCUT2D eigenvalue weighted by Crippen LogP contribution is 2.36. The molecule has 0 amide bonds. The van der Waals surface area contributed by atoms with Gasteiger partial charge in [0.15, 0.2) is 0 Å². The van der Waals surface area contributed by atoms with E-state index in [4.69, 9.17) is 9.47 Å². The second-order valence-corrected chi connectivity index (χ2v) is 7.45. The van der Waals surface area contributed by atoms with Crippen LogP contribution in [-0.4, -0.2) is 25.2 Å². The summed E-state index contributed by atoms with van der Waals surface area (Å²) in [4.78, 5) is 26.3. The number of thiophene rings is 2. The predicted octanol–water partition coefficient (Wildman–Crippen LogP) is 4.47. The van der Waals surface area contributed by atoms with Crippen molar-refractivity contribution in [1.29, 1.82) is 0 Å². The van der Waals surface area contributed by atoms with Crippen molar-refractivity contribution in [2.24, 2.45) is 0 Å². The smallest absolute Gasteiger partial charge is 0.348 e. The third kappa shape index (κ3) is 4.08. The Morgan fingerprint density at radius 2 is 1.86 bits per heavy atom. The summed E-state index contributed by atoms with van der Waals surface area (Å²) in [5.74, 6) is -0.473. The van der Waals surface area contributed by atoms with Crippen LogP contribution >= 0.6 is 22.7 Å². The van der Waals surface area contributed by atoms with Crippen molar-refractivity contribution in [2.75, 3.05) is 13.2 Å². The SMILES string of the molecule is CCOC(=O)CCCCOC(=O)c1cc2c(C)sc(C)c2s1. The Morgan fingerprint density at radius 1 is 1.09 bits per heavy atom. The fourth-order valence-corrected chi connectivity index (χ4v) is 4.44. The summed E-state index contributed by atoms with van der Waals surface area (Å²) in [6.45, 7) is 6.66. The summed E-state index contributed by atoms with van der Waals surface area (Å²) in [6, 6.07) is 1.92. The van der Waals surface area contributed by atoms with Crippen molar-refractivity contribution < 1.29 is 19.1 Å². The molecule has 0 saturated carbocycles. The third-order valence-electron chi connectivity index (χ3n) is 3.25. The molecular formula is C16H20O4S2. The van der Waals surface area contributed by atoms with Crippen LogP contribution in [0, 0.1) is 13.8 Å². The van der Waals surface area contributed by atoms with E-state index in [1.807, 2.05) is 6.07 Å². The van der Waals surface area contributed by atoms with Gasteiger partial charge in [0.2, 0.25) is 0 Å². The molecule has 22 heavy (non-hydrogen) atoms. The molecule has 0 aliphatic heterocycles. The van der Waals surface area contributed by atoms with Gasteiger partial charge in [-0.25, -0.2) is 4.79 Å². The molecule has 0 bridgehead atoms. The van der Waals surface area contributed by atoms with E-state index in [-0.39, 0.29) is 11.9 Å². The lowest BCUT2D eigenvalue weighted by Gasteiger charge is -2.03. The van der Waals surface area contributed by atoms with E-state index in [0.717, 1.165) is 5.39 Å². The van der Waals surface area contributed by atoms with Gasteiger partial charge in [0.1, 0.15) is 4.88 Å². The summed E-state index contributed by atoms with van der Waals surface area (Å²) < 4.78 is 11.3. The second-order valence-electron chi connectivity index (χ2n) is 4.97. The first-order valence-electron chi connectivity index (χ1n) is 7.35. The lowest BCUT2D eigenvalue weighted by Crippen LogP contribution is -2.07. The highest BCUT2D eigenvalue weighted by molar-refractivity contribution is 7.25. The number of aryl methyl sites for hydroxylation is 2. The third-order valence-corrected chi connectivity index (χ3v) is 5.65. The zero-order valence-electron chi connectivity index (χ0n) is 13.1. The molecular weight excluding hydrogens is 320 g/mol. The molecule has 0 spiro atoms. The van der Waals surface area contributed by atoms with E-state index in [9.17, 15) is 9.59 Å². The molecule has 120 valence electrons. The van der Waals surface area contributed by atoms with Gasteiger partial charge in [0.25, 0.3) is 0 Å². The van der Waals surface area contributed by atoms with Crippen LogP contribution in [0.5, 0.6) is 0 Å². The predicted molar refractivity (Wildman–Crippen MR) is 89.9 cm³/mol. The fourth-order valence-electron chi connectivity index (χ4n) is 2.19. The minimum Gasteiger partial charge on any atom is -0.466 e. The molecule has 0 N–H and O–H groups in total. The second kappa shape index (κ2) is 7.74. The number of esters is 2. The van der Waals surface area contributed by atoms with Crippen molar-refractivity contribution in [1.82, 2.24) is 0 Å². The number of hydrogen-bond acceptors (Lipinski definition) is 6. The van der Waals surface area contributed by atoms with Crippen LogP contribution in [0.15, 0.2) is 6.07 Å². The molecule has 2 aromatic rings. The molecule has 0 fully saturated rings. The van der Waals surface area contributed by atoms with Gasteiger partial charge in [0.05, 0.1) is 13.2 Å². The van der Waals surface area contributed by atoms with E-state index < -0.39 is 0 Å². The molecule has 0 aliphatic carbocycles. The van der Waals surface area contributed by atoms with Gasteiger partial charge >= 0.3 is 11.9 Å². The van der Waals surface area contributed by atoms with Gasteiger partial charge in [-0.05, 0) is 39.7 Å². The topological polar surface area (TPSA) is 52.6 Å². The highest BCUT2D eigenvalue weighted by Gasteiger charge is 2.15. The van der Waals surface area contributed by atoms with Crippen LogP contribution in [0.4, 0.5) is 0 Å². The largest absolute Gasteiger partial charge is 0.466 e. The summed E-state index contributed by atoms with van der Waals surface area (Å²) in [6.07, 6.45) is 1.71. The van der Waals surface area contributed by atoms with E-state index in [0.29, 0.717) is 37.4 Å². The summed E-state index contributed by atoms with van der Waals surface area (Å²) >= 11 is 3.25. The Kier molecular flexibility index (Phi) is 5.97. The van der Waals surface area contributed by atoms with E-state index >= 15 is 0 Å². The standard InChI is InChI=1S/C16H20O4S2/c1-4-19-14(17)7-5-6-8-20-16(18)13-9-12-10(2)21-11(3)15(12)22-13/h9H,4-8H2,1-3H3. The lowest BCUT2D eigenvalue weighted by atomic mass is 10.2. The zero-order chi connectivity index (χ0) is 16.1. The normalized spacial score (nSPS) is 10.9.